The smallest absolute Gasteiger partial charge is 0.256 e. The molecule has 5 nitrogen and oxygen atoms in total. The molecule has 6 heteroatoms. The molecule has 1 heterocycles. The van der Waals surface area contributed by atoms with E-state index >= 15 is 0 Å². The Hall–Kier alpha value is -2.08. The van der Waals surface area contributed by atoms with Crippen molar-refractivity contribution in [3.63, 3.8) is 0 Å². The van der Waals surface area contributed by atoms with Crippen molar-refractivity contribution in [3.8, 4) is 5.75 Å². The van der Waals surface area contributed by atoms with Crippen molar-refractivity contribution in [1.82, 2.24) is 4.98 Å². The molecule has 0 unspecified atom stereocenters. The zero-order valence-corrected chi connectivity index (χ0v) is 11.8. The first-order valence-corrected chi connectivity index (χ1v) is 6.26. The second-order valence-electron chi connectivity index (χ2n) is 3.77. The lowest BCUT2D eigenvalue weighted by atomic mass is 10.2. The number of nitrogens with zero attached hydrogens (tertiary/aromatic N) is 1. The molecule has 0 fully saturated rings. The summed E-state index contributed by atoms with van der Waals surface area (Å²) in [7, 11) is 1.52. The third-order valence-corrected chi connectivity index (χ3v) is 2.93. The number of nitrogens with two attached hydrogens (primary N) is 1. The molecule has 0 aliphatic carbocycles. The average Bonchev–Trinajstić information content (AvgIpc) is 2.41. The molecular weight excluding hydrogens is 310 g/mol. The van der Waals surface area contributed by atoms with Gasteiger partial charge < -0.3 is 15.8 Å². The maximum Gasteiger partial charge on any atom is 0.256 e. The number of amides is 1. The molecule has 0 saturated heterocycles. The normalized spacial score (nSPS) is 10.0. The highest BCUT2D eigenvalue weighted by Gasteiger charge is 2.09. The van der Waals surface area contributed by atoms with Gasteiger partial charge >= 0.3 is 0 Å². The summed E-state index contributed by atoms with van der Waals surface area (Å²) in [6, 6.07) is 8.36. The Morgan fingerprint density at radius 2 is 2.16 bits per heavy atom. The van der Waals surface area contributed by atoms with Crippen LogP contribution in [0.25, 0.3) is 0 Å². The first kappa shape index (κ1) is 13.4. The largest absolute Gasteiger partial charge is 0.495 e. The van der Waals surface area contributed by atoms with Crippen LogP contribution in [-0.2, 0) is 0 Å². The lowest BCUT2D eigenvalue weighted by Gasteiger charge is -2.07. The van der Waals surface area contributed by atoms with Crippen molar-refractivity contribution < 1.29 is 9.53 Å². The number of anilines is 2. The van der Waals surface area contributed by atoms with Crippen LogP contribution in [0.1, 0.15) is 10.4 Å². The standard InChI is InChI=1S/C13H12BrN3O2/c1-19-11-4-2-8(6-10(11)15)13(18)17-12-5-3-9(14)7-16-12/h2-7H,15H2,1H3,(H,16,17,18). The van der Waals surface area contributed by atoms with Crippen LogP contribution in [0.5, 0.6) is 5.75 Å². The average molecular weight is 322 g/mol. The van der Waals surface area contributed by atoms with Gasteiger partial charge in [-0.25, -0.2) is 4.98 Å². The summed E-state index contributed by atoms with van der Waals surface area (Å²) in [5, 5.41) is 2.68. The molecule has 1 amide bonds. The molecule has 2 rings (SSSR count). The first-order chi connectivity index (χ1) is 9.10. The number of aromatic nitrogens is 1. The van der Waals surface area contributed by atoms with Crippen molar-refractivity contribution in [2.24, 2.45) is 0 Å². The fourth-order valence-electron chi connectivity index (χ4n) is 1.51. The highest BCUT2D eigenvalue weighted by atomic mass is 79.9. The summed E-state index contributed by atoms with van der Waals surface area (Å²) in [5.41, 5.74) is 6.62. The van der Waals surface area contributed by atoms with Gasteiger partial charge in [0.05, 0.1) is 12.8 Å². The van der Waals surface area contributed by atoms with Crippen molar-refractivity contribution in [2.45, 2.75) is 0 Å². The van der Waals surface area contributed by atoms with Crippen LogP contribution < -0.4 is 15.8 Å². The molecule has 1 aromatic heterocycles. The van der Waals surface area contributed by atoms with E-state index in [-0.39, 0.29) is 5.91 Å². The minimum atomic E-state index is -0.274. The Kier molecular flexibility index (Phi) is 4.01. The van der Waals surface area contributed by atoms with E-state index < -0.39 is 0 Å². The van der Waals surface area contributed by atoms with Gasteiger partial charge in [-0.3, -0.25) is 4.79 Å². The molecule has 1 aromatic carbocycles. The summed E-state index contributed by atoms with van der Waals surface area (Å²) >= 11 is 3.28. The Labute approximate surface area is 118 Å². The third kappa shape index (κ3) is 3.23. The van der Waals surface area contributed by atoms with Gasteiger partial charge in [0.15, 0.2) is 0 Å². The van der Waals surface area contributed by atoms with Crippen LogP contribution in [0.15, 0.2) is 41.0 Å². The number of nitrogens with one attached hydrogen (secondary N) is 1. The van der Waals surface area contributed by atoms with Crippen LogP contribution in [0.2, 0.25) is 0 Å². The molecule has 0 atom stereocenters. The monoisotopic (exact) mass is 321 g/mol. The third-order valence-electron chi connectivity index (χ3n) is 2.46. The minimum absolute atomic E-state index is 0.274. The van der Waals surface area contributed by atoms with Crippen molar-refractivity contribution in [3.05, 3.63) is 46.6 Å². The van der Waals surface area contributed by atoms with E-state index in [0.29, 0.717) is 22.8 Å². The Balaban J connectivity index is 2.16. The fraction of sp³-hybridized carbons (Fsp3) is 0.0769. The lowest BCUT2D eigenvalue weighted by Crippen LogP contribution is -2.13. The van der Waals surface area contributed by atoms with Gasteiger partial charge in [-0.15, -0.1) is 0 Å². The van der Waals surface area contributed by atoms with E-state index in [1.165, 1.54) is 7.11 Å². The second kappa shape index (κ2) is 5.71. The molecule has 98 valence electrons. The summed E-state index contributed by atoms with van der Waals surface area (Å²) in [4.78, 5) is 16.1. The number of pyridine rings is 1. The van der Waals surface area contributed by atoms with Crippen LogP contribution in [0.3, 0.4) is 0 Å². The zero-order valence-electron chi connectivity index (χ0n) is 10.2. The summed E-state index contributed by atoms with van der Waals surface area (Å²) in [6.07, 6.45) is 1.61. The molecule has 0 radical (unpaired) electrons. The fourth-order valence-corrected chi connectivity index (χ4v) is 1.75. The van der Waals surface area contributed by atoms with E-state index in [1.54, 1.807) is 36.5 Å². The van der Waals surface area contributed by atoms with Gasteiger partial charge in [-0.05, 0) is 46.3 Å². The second-order valence-corrected chi connectivity index (χ2v) is 4.69. The Morgan fingerprint density at radius 3 is 2.74 bits per heavy atom. The molecule has 3 N–H and O–H groups in total. The van der Waals surface area contributed by atoms with Gasteiger partial charge in [-0.1, -0.05) is 0 Å². The quantitative estimate of drug-likeness (QED) is 0.852. The van der Waals surface area contributed by atoms with Crippen LogP contribution >= 0.6 is 15.9 Å². The minimum Gasteiger partial charge on any atom is -0.495 e. The summed E-state index contributed by atoms with van der Waals surface area (Å²) in [6.45, 7) is 0. The SMILES string of the molecule is COc1ccc(C(=O)Nc2ccc(Br)cn2)cc1N. The van der Waals surface area contributed by atoms with Gasteiger partial charge in [0.2, 0.25) is 0 Å². The number of rotatable bonds is 3. The summed E-state index contributed by atoms with van der Waals surface area (Å²) < 4.78 is 5.88. The van der Waals surface area contributed by atoms with Gasteiger partial charge in [0.25, 0.3) is 5.91 Å². The van der Waals surface area contributed by atoms with Crippen LogP contribution in [-0.4, -0.2) is 18.0 Å². The van der Waals surface area contributed by atoms with Gasteiger partial charge in [0, 0.05) is 16.2 Å². The molecular formula is C13H12BrN3O2. The molecule has 0 spiro atoms. The van der Waals surface area contributed by atoms with E-state index in [4.69, 9.17) is 10.5 Å². The van der Waals surface area contributed by atoms with E-state index in [2.05, 4.69) is 26.2 Å². The number of nitrogen functional groups attached to an aromatic ring is 1. The van der Waals surface area contributed by atoms with E-state index in [0.717, 1.165) is 4.47 Å². The van der Waals surface area contributed by atoms with Crippen LogP contribution in [0.4, 0.5) is 11.5 Å². The number of hydrogen-bond acceptors (Lipinski definition) is 4. The predicted octanol–water partition coefficient (Wildman–Crippen LogP) is 2.69. The highest BCUT2D eigenvalue weighted by molar-refractivity contribution is 9.10. The van der Waals surface area contributed by atoms with E-state index in [9.17, 15) is 4.79 Å². The number of ether oxygens (including phenoxy) is 1. The topological polar surface area (TPSA) is 77.2 Å². The molecule has 0 saturated carbocycles. The molecule has 19 heavy (non-hydrogen) atoms. The van der Waals surface area contributed by atoms with E-state index in [1.807, 2.05) is 0 Å². The first-order valence-electron chi connectivity index (χ1n) is 5.46. The van der Waals surface area contributed by atoms with Crippen molar-refractivity contribution in [1.29, 1.82) is 0 Å². The molecule has 0 aliphatic heterocycles. The number of carbonyl (C=O) groups is 1. The number of benzene rings is 1. The number of halogens is 1. The maximum absolute atomic E-state index is 12.0. The van der Waals surface area contributed by atoms with Gasteiger partial charge in [-0.2, -0.15) is 0 Å². The predicted molar refractivity (Wildman–Crippen MR) is 77.3 cm³/mol. The highest BCUT2D eigenvalue weighted by Crippen LogP contribution is 2.22. The zero-order chi connectivity index (χ0) is 13.8. The van der Waals surface area contributed by atoms with Crippen molar-refractivity contribution >= 4 is 33.3 Å². The Morgan fingerprint density at radius 1 is 1.37 bits per heavy atom. The summed E-state index contributed by atoms with van der Waals surface area (Å²) in [5.74, 6) is 0.741. The maximum atomic E-state index is 12.0. The number of carbonyl (C=O) groups excluding carboxylic acids is 1. The molecule has 0 aliphatic rings. The van der Waals surface area contributed by atoms with Crippen molar-refractivity contribution in [2.75, 3.05) is 18.2 Å². The lowest BCUT2D eigenvalue weighted by molar-refractivity contribution is 0.102. The van der Waals surface area contributed by atoms with Gasteiger partial charge in [0.1, 0.15) is 11.6 Å². The number of methoxy groups -OCH3 is 1. The molecule has 0 bridgehead atoms. The van der Waals surface area contributed by atoms with Crippen LogP contribution in [0, 0.1) is 0 Å². The molecule has 2 aromatic rings. The Bertz CT molecular complexity index is 599. The number of hydrogen-bond donors (Lipinski definition) is 2.